The molecule has 1 rings (SSSR count). The predicted octanol–water partition coefficient (Wildman–Crippen LogP) is 1.94. The lowest BCUT2D eigenvalue weighted by molar-refractivity contribution is 0.0691. The molecule has 15 heavy (non-hydrogen) atoms. The van der Waals surface area contributed by atoms with Crippen molar-refractivity contribution in [2.45, 2.75) is 4.90 Å². The van der Waals surface area contributed by atoms with Crippen LogP contribution in [-0.2, 0) is 10.2 Å². The van der Waals surface area contributed by atoms with E-state index in [2.05, 4.69) is 15.9 Å². The van der Waals surface area contributed by atoms with Gasteiger partial charge in [-0.05, 0) is 28.1 Å². The number of carboxylic acid groups (broad SMARTS) is 1. The fraction of sp³-hybridized carbons (Fsp3) is 0. The molecule has 0 unspecified atom stereocenters. The van der Waals surface area contributed by atoms with E-state index in [0.29, 0.717) is 12.1 Å². The molecule has 82 valence electrons. The molecule has 1 N–H and O–H groups in total. The van der Waals surface area contributed by atoms with E-state index in [1.807, 2.05) is 0 Å². The van der Waals surface area contributed by atoms with Crippen molar-refractivity contribution in [1.29, 1.82) is 0 Å². The molecule has 1 aromatic rings. The summed E-state index contributed by atoms with van der Waals surface area (Å²) in [5, 5.41) is 8.50. The van der Waals surface area contributed by atoms with E-state index >= 15 is 0 Å². The van der Waals surface area contributed by atoms with Gasteiger partial charge in [0.2, 0.25) is 0 Å². The first-order valence-corrected chi connectivity index (χ1v) is 5.58. The maximum absolute atomic E-state index is 13.1. The average Bonchev–Trinajstić information content (AvgIpc) is 2.06. The van der Waals surface area contributed by atoms with Crippen LogP contribution < -0.4 is 0 Å². The molecular formula is C7H3BrF2O4S. The van der Waals surface area contributed by atoms with Gasteiger partial charge in [0.05, 0.1) is 10.0 Å². The summed E-state index contributed by atoms with van der Waals surface area (Å²) in [6.45, 7) is 0. The molecule has 0 amide bonds. The molecular weight excluding hydrogens is 298 g/mol. The molecule has 0 atom stereocenters. The molecule has 0 bridgehead atoms. The van der Waals surface area contributed by atoms with Crippen molar-refractivity contribution >= 4 is 32.1 Å². The molecule has 0 heterocycles. The SMILES string of the molecule is O=C(O)c1cc(S(=O)(=O)F)cc(Br)c1F. The number of aromatic carboxylic acids is 1. The Morgan fingerprint density at radius 1 is 1.40 bits per heavy atom. The second-order valence-electron chi connectivity index (χ2n) is 2.51. The fourth-order valence-corrected chi connectivity index (χ4v) is 1.99. The molecule has 1 aromatic carbocycles. The molecule has 4 nitrogen and oxygen atoms in total. The lowest BCUT2D eigenvalue weighted by Gasteiger charge is -2.02. The van der Waals surface area contributed by atoms with E-state index in [1.165, 1.54) is 0 Å². The van der Waals surface area contributed by atoms with Crippen molar-refractivity contribution in [3.63, 3.8) is 0 Å². The van der Waals surface area contributed by atoms with Crippen LogP contribution in [0.1, 0.15) is 10.4 Å². The standard InChI is InChI=1S/C7H3BrF2O4S/c8-5-2-3(15(10,13)14)1-4(6(5)9)7(11)12/h1-2H,(H,11,12). The van der Waals surface area contributed by atoms with E-state index in [0.717, 1.165) is 0 Å². The summed E-state index contributed by atoms with van der Waals surface area (Å²) < 4.78 is 46.1. The van der Waals surface area contributed by atoms with Gasteiger partial charge in [-0.15, -0.1) is 3.89 Å². The molecule has 0 radical (unpaired) electrons. The van der Waals surface area contributed by atoms with Gasteiger partial charge in [-0.2, -0.15) is 8.42 Å². The van der Waals surface area contributed by atoms with Crippen LogP contribution in [0.25, 0.3) is 0 Å². The summed E-state index contributed by atoms with van der Waals surface area (Å²) in [7, 11) is -5.06. The van der Waals surface area contributed by atoms with E-state index in [1.54, 1.807) is 0 Å². The van der Waals surface area contributed by atoms with Gasteiger partial charge in [-0.25, -0.2) is 9.18 Å². The first-order chi connectivity index (χ1) is 6.73. The zero-order valence-corrected chi connectivity index (χ0v) is 9.27. The van der Waals surface area contributed by atoms with Crippen LogP contribution >= 0.6 is 15.9 Å². The number of rotatable bonds is 2. The largest absolute Gasteiger partial charge is 0.478 e. The Balaban J connectivity index is 3.57. The normalized spacial score (nSPS) is 11.4. The second kappa shape index (κ2) is 3.86. The Labute approximate surface area is 91.9 Å². The van der Waals surface area contributed by atoms with Gasteiger partial charge >= 0.3 is 16.2 Å². The molecule has 0 aliphatic carbocycles. The minimum atomic E-state index is -5.06. The molecule has 0 saturated heterocycles. The lowest BCUT2D eigenvalue weighted by atomic mass is 10.2. The Morgan fingerprint density at radius 3 is 2.33 bits per heavy atom. The van der Waals surface area contributed by atoms with E-state index < -0.39 is 36.9 Å². The second-order valence-corrected chi connectivity index (χ2v) is 4.71. The van der Waals surface area contributed by atoms with Crippen LogP contribution in [0, 0.1) is 5.82 Å². The van der Waals surface area contributed by atoms with E-state index in [4.69, 9.17) is 5.11 Å². The number of benzene rings is 1. The maximum Gasteiger partial charge on any atom is 0.338 e. The van der Waals surface area contributed by atoms with Gasteiger partial charge < -0.3 is 5.11 Å². The van der Waals surface area contributed by atoms with Gasteiger partial charge in [-0.3, -0.25) is 0 Å². The first kappa shape index (κ1) is 12.1. The third kappa shape index (κ3) is 2.51. The number of carboxylic acids is 1. The highest BCUT2D eigenvalue weighted by Crippen LogP contribution is 2.25. The van der Waals surface area contributed by atoms with Crippen molar-refractivity contribution in [2.75, 3.05) is 0 Å². The third-order valence-electron chi connectivity index (χ3n) is 1.51. The van der Waals surface area contributed by atoms with Crippen LogP contribution in [0.2, 0.25) is 0 Å². The molecule has 0 saturated carbocycles. The minimum Gasteiger partial charge on any atom is -0.478 e. The Bertz CT molecular complexity index is 526. The highest BCUT2D eigenvalue weighted by molar-refractivity contribution is 9.10. The van der Waals surface area contributed by atoms with Crippen molar-refractivity contribution in [1.82, 2.24) is 0 Å². The molecule has 0 aromatic heterocycles. The van der Waals surface area contributed by atoms with Crippen molar-refractivity contribution in [3.05, 3.63) is 28.0 Å². The van der Waals surface area contributed by atoms with Gasteiger partial charge in [0, 0.05) is 0 Å². The van der Waals surface area contributed by atoms with Crippen molar-refractivity contribution in [3.8, 4) is 0 Å². The summed E-state index contributed by atoms with van der Waals surface area (Å²) in [5.41, 5.74) is -0.916. The van der Waals surface area contributed by atoms with Crippen molar-refractivity contribution in [2.24, 2.45) is 0 Å². The highest BCUT2D eigenvalue weighted by Gasteiger charge is 2.21. The van der Waals surface area contributed by atoms with Crippen molar-refractivity contribution < 1.29 is 26.6 Å². The number of hydrogen-bond donors (Lipinski definition) is 1. The van der Waals surface area contributed by atoms with Crippen LogP contribution in [-0.4, -0.2) is 19.5 Å². The quantitative estimate of drug-likeness (QED) is 0.847. The van der Waals surface area contributed by atoms with Gasteiger partial charge in [-0.1, -0.05) is 0 Å². The monoisotopic (exact) mass is 300 g/mol. The van der Waals surface area contributed by atoms with Crippen LogP contribution in [0.3, 0.4) is 0 Å². The zero-order valence-electron chi connectivity index (χ0n) is 6.87. The molecule has 0 aliphatic heterocycles. The predicted molar refractivity (Wildman–Crippen MR) is 49.4 cm³/mol. The number of halogens is 3. The number of hydrogen-bond acceptors (Lipinski definition) is 3. The van der Waals surface area contributed by atoms with Crippen LogP contribution in [0.4, 0.5) is 8.28 Å². The highest BCUT2D eigenvalue weighted by atomic mass is 79.9. The Morgan fingerprint density at radius 2 is 1.93 bits per heavy atom. The fourth-order valence-electron chi connectivity index (χ4n) is 0.861. The summed E-state index contributed by atoms with van der Waals surface area (Å²) in [6.07, 6.45) is 0. The van der Waals surface area contributed by atoms with Crippen LogP contribution in [0.15, 0.2) is 21.5 Å². The summed E-state index contributed by atoms with van der Waals surface area (Å²) in [6, 6.07) is 1.06. The molecule has 0 aliphatic rings. The Kier molecular flexibility index (Phi) is 3.10. The summed E-state index contributed by atoms with van der Waals surface area (Å²) in [5.74, 6) is -2.84. The first-order valence-electron chi connectivity index (χ1n) is 3.40. The Hall–Kier alpha value is -1.02. The smallest absolute Gasteiger partial charge is 0.338 e. The van der Waals surface area contributed by atoms with Gasteiger partial charge in [0.25, 0.3) is 0 Å². The molecule has 0 fully saturated rings. The maximum atomic E-state index is 13.1. The molecule has 8 heteroatoms. The molecule has 0 spiro atoms. The van der Waals surface area contributed by atoms with E-state index in [-0.39, 0.29) is 0 Å². The topological polar surface area (TPSA) is 71.4 Å². The third-order valence-corrected chi connectivity index (χ3v) is 2.89. The zero-order chi connectivity index (χ0) is 11.8. The average molecular weight is 301 g/mol. The lowest BCUT2D eigenvalue weighted by Crippen LogP contribution is -2.04. The summed E-state index contributed by atoms with van der Waals surface area (Å²) in [4.78, 5) is 9.57. The van der Waals surface area contributed by atoms with Gasteiger partial charge in [0.15, 0.2) is 5.82 Å². The van der Waals surface area contributed by atoms with Crippen LogP contribution in [0.5, 0.6) is 0 Å². The minimum absolute atomic E-state index is 0.414. The van der Waals surface area contributed by atoms with E-state index in [9.17, 15) is 21.5 Å². The number of carbonyl (C=O) groups is 1. The van der Waals surface area contributed by atoms with Gasteiger partial charge in [0.1, 0.15) is 4.90 Å². The summed E-state index contributed by atoms with van der Waals surface area (Å²) >= 11 is 2.59.